The lowest BCUT2D eigenvalue weighted by Gasteiger charge is -2.39. The van der Waals surface area contributed by atoms with Gasteiger partial charge in [0.05, 0.1) is 0 Å². The molecular formula is C13H18N2O6. The zero-order valence-electron chi connectivity index (χ0n) is 12.2. The molecule has 8 nitrogen and oxygen atoms in total. The summed E-state index contributed by atoms with van der Waals surface area (Å²) in [6.07, 6.45) is -0.136. The fraction of sp³-hybridized carbons (Fsp3) is 0.692. The normalized spacial score (nSPS) is 22.1. The molecule has 0 spiro atoms. The number of imide groups is 1. The molecular weight excluding hydrogens is 280 g/mol. The van der Waals surface area contributed by atoms with Crippen molar-refractivity contribution in [3.63, 3.8) is 0 Å². The fourth-order valence-corrected chi connectivity index (χ4v) is 1.98. The topological polar surface area (TPSA) is 93.2 Å². The molecule has 0 bridgehead atoms. The van der Waals surface area contributed by atoms with Crippen LogP contribution in [-0.2, 0) is 24.0 Å². The van der Waals surface area contributed by atoms with Crippen LogP contribution >= 0.6 is 0 Å². The maximum Gasteiger partial charge on any atom is 0.411 e. The summed E-state index contributed by atoms with van der Waals surface area (Å²) in [5.41, 5.74) is -0.665. The first kappa shape index (κ1) is 15.3. The molecule has 21 heavy (non-hydrogen) atoms. The number of carbonyl (C=O) groups is 4. The highest BCUT2D eigenvalue weighted by Gasteiger charge is 2.43. The number of hydroxylamine groups is 2. The number of rotatable bonds is 2. The summed E-state index contributed by atoms with van der Waals surface area (Å²) in [7, 11) is 0. The van der Waals surface area contributed by atoms with Crippen molar-refractivity contribution in [1.82, 2.24) is 9.96 Å². The average Bonchev–Trinajstić information content (AvgIpc) is 2.56. The van der Waals surface area contributed by atoms with Gasteiger partial charge in [-0.15, -0.1) is 5.06 Å². The molecule has 8 heteroatoms. The van der Waals surface area contributed by atoms with Gasteiger partial charge in [0.2, 0.25) is 0 Å². The van der Waals surface area contributed by atoms with E-state index >= 15 is 0 Å². The maximum absolute atomic E-state index is 11.9. The van der Waals surface area contributed by atoms with Gasteiger partial charge in [0.1, 0.15) is 11.6 Å². The smallest absolute Gasteiger partial charge is 0.411 e. The van der Waals surface area contributed by atoms with Crippen molar-refractivity contribution in [2.75, 3.05) is 6.54 Å². The molecule has 0 radical (unpaired) electrons. The molecule has 2 heterocycles. The van der Waals surface area contributed by atoms with Crippen molar-refractivity contribution >= 4 is 23.9 Å². The van der Waals surface area contributed by atoms with E-state index in [-0.39, 0.29) is 12.8 Å². The van der Waals surface area contributed by atoms with Crippen molar-refractivity contribution in [2.45, 2.75) is 51.7 Å². The largest absolute Gasteiger partial charge is 0.444 e. The zero-order chi connectivity index (χ0) is 15.8. The minimum atomic E-state index is -0.818. The molecule has 0 aromatic rings. The van der Waals surface area contributed by atoms with E-state index in [4.69, 9.17) is 9.57 Å². The second-order valence-electron chi connectivity index (χ2n) is 5.97. The first-order chi connectivity index (χ1) is 9.69. The summed E-state index contributed by atoms with van der Waals surface area (Å²) in [4.78, 5) is 52.6. The van der Waals surface area contributed by atoms with Crippen LogP contribution in [0, 0.1) is 0 Å². The predicted molar refractivity (Wildman–Crippen MR) is 68.5 cm³/mol. The minimum Gasteiger partial charge on any atom is -0.444 e. The molecule has 2 saturated heterocycles. The number of amides is 3. The Hall–Kier alpha value is -2.12. The Bertz CT molecular complexity index is 479. The van der Waals surface area contributed by atoms with Gasteiger partial charge in [-0.1, -0.05) is 0 Å². The van der Waals surface area contributed by atoms with Gasteiger partial charge >= 0.3 is 12.1 Å². The quantitative estimate of drug-likeness (QED) is 0.693. The van der Waals surface area contributed by atoms with Crippen molar-refractivity contribution in [1.29, 1.82) is 0 Å². The van der Waals surface area contributed by atoms with Gasteiger partial charge in [0, 0.05) is 19.4 Å². The van der Waals surface area contributed by atoms with Crippen molar-refractivity contribution in [3.05, 3.63) is 0 Å². The van der Waals surface area contributed by atoms with Crippen LogP contribution in [0.15, 0.2) is 0 Å². The third-order valence-corrected chi connectivity index (χ3v) is 3.11. The lowest BCUT2D eigenvalue weighted by Crippen LogP contribution is -2.57. The molecule has 2 aliphatic rings. The van der Waals surface area contributed by atoms with Crippen LogP contribution in [-0.4, -0.2) is 52.0 Å². The molecule has 1 atom stereocenters. The molecule has 2 fully saturated rings. The molecule has 116 valence electrons. The number of ether oxygens (including phenoxy) is 1. The first-order valence-corrected chi connectivity index (χ1v) is 6.76. The predicted octanol–water partition coefficient (Wildman–Crippen LogP) is 0.603. The number of hydrogen-bond acceptors (Lipinski definition) is 6. The second kappa shape index (κ2) is 5.34. The monoisotopic (exact) mass is 298 g/mol. The Labute approximate surface area is 121 Å². The van der Waals surface area contributed by atoms with Crippen molar-refractivity contribution in [2.24, 2.45) is 0 Å². The molecule has 0 aromatic heterocycles. The summed E-state index contributed by atoms with van der Waals surface area (Å²) < 4.78 is 5.17. The maximum atomic E-state index is 11.9. The molecule has 2 aliphatic heterocycles. The van der Waals surface area contributed by atoms with Gasteiger partial charge in [-0.3, -0.25) is 14.5 Å². The van der Waals surface area contributed by atoms with Crippen LogP contribution in [0.1, 0.15) is 40.0 Å². The van der Waals surface area contributed by atoms with Crippen molar-refractivity contribution < 1.29 is 28.8 Å². The fourth-order valence-electron chi connectivity index (χ4n) is 1.98. The van der Waals surface area contributed by atoms with Gasteiger partial charge in [-0.25, -0.2) is 9.59 Å². The van der Waals surface area contributed by atoms with Crippen LogP contribution in [0.2, 0.25) is 0 Å². The second-order valence-corrected chi connectivity index (χ2v) is 5.97. The van der Waals surface area contributed by atoms with Crippen LogP contribution in [0.5, 0.6) is 0 Å². The Morgan fingerprint density at radius 2 is 1.71 bits per heavy atom. The highest BCUT2D eigenvalue weighted by molar-refractivity contribution is 6.02. The third kappa shape index (κ3) is 3.32. The van der Waals surface area contributed by atoms with Gasteiger partial charge in [-0.2, -0.15) is 0 Å². The van der Waals surface area contributed by atoms with Crippen LogP contribution < -0.4 is 0 Å². The van der Waals surface area contributed by atoms with E-state index in [0.717, 1.165) is 0 Å². The average molecular weight is 298 g/mol. The number of likely N-dealkylation sites (tertiary alicyclic amines) is 1. The summed E-state index contributed by atoms with van der Waals surface area (Å²) >= 11 is 0. The van der Waals surface area contributed by atoms with Gasteiger partial charge in [0.15, 0.2) is 0 Å². The Morgan fingerprint density at radius 3 is 2.14 bits per heavy atom. The summed E-state index contributed by atoms with van der Waals surface area (Å²) in [6, 6.07) is -0.818. The van der Waals surface area contributed by atoms with E-state index in [2.05, 4.69) is 0 Å². The highest BCUT2D eigenvalue weighted by Crippen LogP contribution is 2.23. The van der Waals surface area contributed by atoms with E-state index in [9.17, 15) is 19.2 Å². The summed E-state index contributed by atoms with van der Waals surface area (Å²) in [5.74, 6) is -1.89. The SMILES string of the molecule is CC(C)(C)OC(=O)N1CCC1C(=O)ON1C(=O)CCC1=O. The Balaban J connectivity index is 1.93. The molecule has 0 saturated carbocycles. The van der Waals surface area contributed by atoms with E-state index in [1.165, 1.54) is 4.90 Å². The van der Waals surface area contributed by atoms with E-state index < -0.39 is 35.5 Å². The standard InChI is InChI=1S/C13H18N2O6/c1-13(2,3)20-12(19)14-7-6-8(14)11(18)21-15-9(16)4-5-10(15)17/h8H,4-7H2,1-3H3. The van der Waals surface area contributed by atoms with Gasteiger partial charge < -0.3 is 9.57 Å². The van der Waals surface area contributed by atoms with Crippen LogP contribution in [0.4, 0.5) is 4.79 Å². The molecule has 0 aromatic carbocycles. The Morgan fingerprint density at radius 1 is 1.14 bits per heavy atom. The number of nitrogens with zero attached hydrogens (tertiary/aromatic N) is 2. The zero-order valence-corrected chi connectivity index (χ0v) is 12.2. The first-order valence-electron chi connectivity index (χ1n) is 6.76. The summed E-state index contributed by atoms with van der Waals surface area (Å²) in [5, 5.41) is 0.480. The molecule has 2 rings (SSSR count). The number of carbonyl (C=O) groups excluding carboxylic acids is 4. The minimum absolute atomic E-state index is 0.0343. The molecule has 1 unspecified atom stereocenters. The van der Waals surface area contributed by atoms with E-state index in [0.29, 0.717) is 18.0 Å². The van der Waals surface area contributed by atoms with Crippen molar-refractivity contribution in [3.8, 4) is 0 Å². The summed E-state index contributed by atoms with van der Waals surface area (Å²) in [6.45, 7) is 5.54. The van der Waals surface area contributed by atoms with Crippen LogP contribution in [0.25, 0.3) is 0 Å². The highest BCUT2D eigenvalue weighted by atomic mass is 16.7. The lowest BCUT2D eigenvalue weighted by atomic mass is 10.0. The third-order valence-electron chi connectivity index (χ3n) is 3.11. The number of hydrogen-bond donors (Lipinski definition) is 0. The van der Waals surface area contributed by atoms with Crippen LogP contribution in [0.3, 0.4) is 0 Å². The van der Waals surface area contributed by atoms with Gasteiger partial charge in [-0.05, 0) is 27.2 Å². The van der Waals surface area contributed by atoms with E-state index in [1.54, 1.807) is 20.8 Å². The lowest BCUT2D eigenvalue weighted by molar-refractivity contribution is -0.203. The molecule has 0 aliphatic carbocycles. The Kier molecular flexibility index (Phi) is 3.89. The van der Waals surface area contributed by atoms with Gasteiger partial charge in [0.25, 0.3) is 11.8 Å². The van der Waals surface area contributed by atoms with E-state index in [1.807, 2.05) is 0 Å². The molecule has 3 amide bonds. The molecule has 0 N–H and O–H groups in total.